The molecule has 1 aromatic rings. The third kappa shape index (κ3) is 3.35. The van der Waals surface area contributed by atoms with Crippen LogP contribution in [-0.4, -0.2) is 29.1 Å². The number of aromatic nitrogens is 1. The molecule has 1 amide bonds. The SMILES string of the molecule is Cc1cc(C2CCCN2C(=O)CCC(C)CN)on1. The summed E-state index contributed by atoms with van der Waals surface area (Å²) in [6, 6.07) is 2.00. The third-order valence-corrected chi connectivity index (χ3v) is 3.80. The molecule has 2 rings (SSSR count). The van der Waals surface area contributed by atoms with Crippen molar-refractivity contribution in [3.8, 4) is 0 Å². The Morgan fingerprint density at radius 1 is 1.68 bits per heavy atom. The van der Waals surface area contributed by atoms with E-state index >= 15 is 0 Å². The summed E-state index contributed by atoms with van der Waals surface area (Å²) >= 11 is 0. The van der Waals surface area contributed by atoms with E-state index in [-0.39, 0.29) is 11.9 Å². The Balaban J connectivity index is 1.96. The van der Waals surface area contributed by atoms with Gasteiger partial charge >= 0.3 is 0 Å². The zero-order valence-corrected chi connectivity index (χ0v) is 11.8. The van der Waals surface area contributed by atoms with Crippen LogP contribution in [0.4, 0.5) is 0 Å². The van der Waals surface area contributed by atoms with Crippen molar-refractivity contribution in [3.05, 3.63) is 17.5 Å². The molecule has 1 fully saturated rings. The van der Waals surface area contributed by atoms with Crippen LogP contribution in [0.3, 0.4) is 0 Å². The topological polar surface area (TPSA) is 72.4 Å². The van der Waals surface area contributed by atoms with E-state index < -0.39 is 0 Å². The van der Waals surface area contributed by atoms with Crippen LogP contribution in [-0.2, 0) is 4.79 Å². The molecular formula is C14H23N3O2. The largest absolute Gasteiger partial charge is 0.359 e. The molecule has 0 aliphatic carbocycles. The van der Waals surface area contributed by atoms with Crippen LogP contribution in [0, 0.1) is 12.8 Å². The molecule has 2 heterocycles. The second-order valence-corrected chi connectivity index (χ2v) is 5.50. The Labute approximate surface area is 114 Å². The summed E-state index contributed by atoms with van der Waals surface area (Å²) in [5.74, 6) is 1.42. The molecule has 1 aliphatic heterocycles. The van der Waals surface area contributed by atoms with E-state index in [1.807, 2.05) is 17.9 Å². The minimum absolute atomic E-state index is 0.0712. The average Bonchev–Trinajstić information content (AvgIpc) is 3.03. The predicted octanol–water partition coefficient (Wildman–Crippen LogP) is 2.02. The van der Waals surface area contributed by atoms with Crippen molar-refractivity contribution >= 4 is 5.91 Å². The molecule has 5 nitrogen and oxygen atoms in total. The first kappa shape index (κ1) is 14.1. The lowest BCUT2D eigenvalue weighted by Crippen LogP contribution is -2.30. The van der Waals surface area contributed by atoms with Gasteiger partial charge < -0.3 is 15.2 Å². The minimum atomic E-state index is 0.0712. The fourth-order valence-electron chi connectivity index (χ4n) is 2.53. The first-order valence-electron chi connectivity index (χ1n) is 7.04. The molecule has 5 heteroatoms. The fourth-order valence-corrected chi connectivity index (χ4v) is 2.53. The number of aryl methyl sites for hydroxylation is 1. The highest BCUT2D eigenvalue weighted by atomic mass is 16.5. The molecule has 0 bridgehead atoms. The lowest BCUT2D eigenvalue weighted by molar-refractivity contribution is -0.132. The first-order valence-corrected chi connectivity index (χ1v) is 7.04. The highest BCUT2D eigenvalue weighted by Crippen LogP contribution is 2.32. The van der Waals surface area contributed by atoms with E-state index in [4.69, 9.17) is 10.3 Å². The van der Waals surface area contributed by atoms with Gasteiger partial charge in [0, 0.05) is 19.0 Å². The lowest BCUT2D eigenvalue weighted by atomic mass is 10.1. The number of carbonyl (C=O) groups is 1. The van der Waals surface area contributed by atoms with Crippen LogP contribution in [0.15, 0.2) is 10.6 Å². The zero-order valence-electron chi connectivity index (χ0n) is 11.8. The molecule has 0 saturated carbocycles. The Morgan fingerprint density at radius 3 is 3.11 bits per heavy atom. The number of carbonyl (C=O) groups excluding carboxylic acids is 1. The number of hydrogen-bond donors (Lipinski definition) is 1. The quantitative estimate of drug-likeness (QED) is 0.884. The molecule has 1 aliphatic rings. The molecule has 19 heavy (non-hydrogen) atoms. The van der Waals surface area contributed by atoms with Crippen LogP contribution in [0.25, 0.3) is 0 Å². The molecule has 0 spiro atoms. The van der Waals surface area contributed by atoms with Crippen molar-refractivity contribution in [1.29, 1.82) is 0 Å². The Hall–Kier alpha value is -1.36. The van der Waals surface area contributed by atoms with Crippen molar-refractivity contribution < 1.29 is 9.32 Å². The van der Waals surface area contributed by atoms with Crippen molar-refractivity contribution in [2.24, 2.45) is 11.7 Å². The minimum Gasteiger partial charge on any atom is -0.359 e. The van der Waals surface area contributed by atoms with Gasteiger partial charge in [0.05, 0.1) is 11.7 Å². The summed E-state index contributed by atoms with van der Waals surface area (Å²) < 4.78 is 5.31. The molecule has 0 aromatic carbocycles. The lowest BCUT2D eigenvalue weighted by Gasteiger charge is -2.23. The summed E-state index contributed by atoms with van der Waals surface area (Å²) in [7, 11) is 0. The van der Waals surface area contributed by atoms with Gasteiger partial charge in [0.1, 0.15) is 0 Å². The van der Waals surface area contributed by atoms with Gasteiger partial charge in [-0.15, -0.1) is 0 Å². The first-order chi connectivity index (χ1) is 9.11. The number of likely N-dealkylation sites (tertiary alicyclic amines) is 1. The van der Waals surface area contributed by atoms with Gasteiger partial charge in [-0.2, -0.15) is 0 Å². The van der Waals surface area contributed by atoms with Crippen LogP contribution >= 0.6 is 0 Å². The second kappa shape index (κ2) is 6.19. The maximum absolute atomic E-state index is 12.3. The van der Waals surface area contributed by atoms with Crippen molar-refractivity contribution in [2.75, 3.05) is 13.1 Å². The van der Waals surface area contributed by atoms with Crippen LogP contribution in [0.2, 0.25) is 0 Å². The Bertz CT molecular complexity index is 430. The Morgan fingerprint density at radius 2 is 2.47 bits per heavy atom. The number of amides is 1. The molecule has 2 atom stereocenters. The normalized spacial score (nSPS) is 20.8. The number of nitrogens with two attached hydrogens (primary N) is 1. The van der Waals surface area contributed by atoms with E-state index in [9.17, 15) is 4.79 Å². The molecule has 1 aromatic heterocycles. The van der Waals surface area contributed by atoms with Gasteiger partial charge in [-0.25, -0.2) is 0 Å². The fraction of sp³-hybridized carbons (Fsp3) is 0.714. The van der Waals surface area contributed by atoms with Crippen molar-refractivity contribution in [2.45, 2.75) is 45.6 Å². The molecule has 106 valence electrons. The third-order valence-electron chi connectivity index (χ3n) is 3.80. The smallest absolute Gasteiger partial charge is 0.223 e. The standard InChI is InChI=1S/C14H23N3O2/c1-10(9-15)5-6-14(18)17-7-3-4-12(17)13-8-11(2)16-19-13/h8,10,12H,3-7,9,15H2,1-2H3. The zero-order chi connectivity index (χ0) is 13.8. The van der Waals surface area contributed by atoms with Gasteiger partial charge in [0.15, 0.2) is 5.76 Å². The molecule has 2 N–H and O–H groups in total. The maximum atomic E-state index is 12.3. The van der Waals surface area contributed by atoms with Crippen LogP contribution in [0.1, 0.15) is 50.1 Å². The summed E-state index contributed by atoms with van der Waals surface area (Å²) in [6.45, 7) is 5.43. The highest BCUT2D eigenvalue weighted by Gasteiger charge is 2.32. The van der Waals surface area contributed by atoms with Gasteiger partial charge in [0.25, 0.3) is 0 Å². The maximum Gasteiger partial charge on any atom is 0.223 e. The number of nitrogens with zero attached hydrogens (tertiary/aromatic N) is 2. The molecule has 2 unspecified atom stereocenters. The van der Waals surface area contributed by atoms with Gasteiger partial charge in [-0.1, -0.05) is 12.1 Å². The van der Waals surface area contributed by atoms with E-state index in [0.717, 1.165) is 37.3 Å². The number of hydrogen-bond acceptors (Lipinski definition) is 4. The van der Waals surface area contributed by atoms with E-state index in [0.29, 0.717) is 18.9 Å². The summed E-state index contributed by atoms with van der Waals surface area (Å²) in [6.07, 6.45) is 3.42. The predicted molar refractivity (Wildman–Crippen MR) is 72.4 cm³/mol. The summed E-state index contributed by atoms with van der Waals surface area (Å²) in [5.41, 5.74) is 6.45. The highest BCUT2D eigenvalue weighted by molar-refractivity contribution is 5.77. The average molecular weight is 265 g/mol. The van der Waals surface area contributed by atoms with Gasteiger partial charge in [-0.3, -0.25) is 4.79 Å². The monoisotopic (exact) mass is 265 g/mol. The Kier molecular flexibility index (Phi) is 4.58. The van der Waals surface area contributed by atoms with Crippen LogP contribution < -0.4 is 5.73 Å². The van der Waals surface area contributed by atoms with Crippen molar-refractivity contribution in [1.82, 2.24) is 10.1 Å². The molecular weight excluding hydrogens is 242 g/mol. The number of rotatable bonds is 5. The van der Waals surface area contributed by atoms with E-state index in [2.05, 4.69) is 12.1 Å². The molecule has 0 radical (unpaired) electrons. The van der Waals surface area contributed by atoms with E-state index in [1.165, 1.54) is 0 Å². The van der Waals surface area contributed by atoms with Gasteiger partial charge in [0.2, 0.25) is 5.91 Å². The van der Waals surface area contributed by atoms with Crippen molar-refractivity contribution in [3.63, 3.8) is 0 Å². The van der Waals surface area contributed by atoms with E-state index in [1.54, 1.807) is 0 Å². The molecule has 1 saturated heterocycles. The van der Waals surface area contributed by atoms with Gasteiger partial charge in [-0.05, 0) is 38.6 Å². The second-order valence-electron chi connectivity index (χ2n) is 5.50. The summed E-state index contributed by atoms with van der Waals surface area (Å²) in [5, 5.41) is 3.91. The van der Waals surface area contributed by atoms with Crippen LogP contribution in [0.5, 0.6) is 0 Å². The summed E-state index contributed by atoms with van der Waals surface area (Å²) in [4.78, 5) is 14.2.